The van der Waals surface area contributed by atoms with Crippen LogP contribution in [0.2, 0.25) is 0 Å². The summed E-state index contributed by atoms with van der Waals surface area (Å²) in [6.07, 6.45) is 4.07. The van der Waals surface area contributed by atoms with Crippen LogP contribution in [0.25, 0.3) is 5.76 Å². The predicted molar refractivity (Wildman–Crippen MR) is 106 cm³/mol. The molecule has 0 atom stereocenters. The van der Waals surface area contributed by atoms with Crippen LogP contribution in [-0.2, 0) is 19.7 Å². The summed E-state index contributed by atoms with van der Waals surface area (Å²) in [5.74, 6) is -0.810. The molecule has 1 aromatic rings. The van der Waals surface area contributed by atoms with Crippen molar-refractivity contribution in [2.45, 2.75) is 26.9 Å². The molecule has 0 amide bonds. The Kier molecular flexibility index (Phi) is 6.10. The second kappa shape index (κ2) is 7.99. The molecule has 5 nitrogen and oxygen atoms in total. The van der Waals surface area contributed by atoms with E-state index in [1.54, 1.807) is 6.07 Å². The molecule has 0 bridgehead atoms. The molecule has 0 fully saturated rings. The molecule has 2 aliphatic rings. The smallest absolute Gasteiger partial charge is 0.498 e. The number of hydrogen-bond acceptors (Lipinski definition) is 6. The number of thioether (sulfide) groups is 1. The Morgan fingerprint density at radius 1 is 0.875 bits per heavy atom. The molecule has 0 saturated carbocycles. The largest absolute Gasteiger partial charge is 0.507 e. The first-order valence-electron chi connectivity index (χ1n) is 8.48. The van der Waals surface area contributed by atoms with Gasteiger partial charge in [-0.25, -0.2) is 16.8 Å². The van der Waals surface area contributed by atoms with Crippen LogP contribution in [0, 0.1) is 0 Å². The Hall–Kier alpha value is -2.19. The third-order valence-electron chi connectivity index (χ3n) is 4.55. The first-order chi connectivity index (χ1) is 14.6. The van der Waals surface area contributed by atoms with Crippen LogP contribution in [0.3, 0.4) is 0 Å². The fourth-order valence-electron chi connectivity index (χ4n) is 2.99. The van der Waals surface area contributed by atoms with Crippen LogP contribution < -0.4 is 0 Å². The number of alkyl halides is 6. The first kappa shape index (κ1) is 24.5. The van der Waals surface area contributed by atoms with Gasteiger partial charge in [0.05, 0.1) is 0 Å². The molecule has 3 rings (SSSR count). The van der Waals surface area contributed by atoms with Crippen molar-refractivity contribution < 1.29 is 48.3 Å². The van der Waals surface area contributed by atoms with Gasteiger partial charge in [0.2, 0.25) is 0 Å². The van der Waals surface area contributed by atoms with Crippen LogP contribution >= 0.6 is 11.8 Å². The Labute approximate surface area is 182 Å². The Bertz CT molecular complexity index is 1220. The highest BCUT2D eigenvalue weighted by Crippen LogP contribution is 2.49. The number of fused-ring (bicyclic) bond motifs is 1. The summed E-state index contributed by atoms with van der Waals surface area (Å²) in [5, 5.41) is 10.7. The van der Waals surface area contributed by atoms with Crippen molar-refractivity contribution in [1.29, 1.82) is 0 Å². The molecule has 0 spiro atoms. The maximum absolute atomic E-state index is 13.2. The van der Waals surface area contributed by atoms with Gasteiger partial charge >= 0.3 is 11.0 Å². The topological polar surface area (TPSA) is 88.5 Å². The van der Waals surface area contributed by atoms with E-state index in [0.717, 1.165) is 11.8 Å². The van der Waals surface area contributed by atoms with Crippen molar-refractivity contribution in [2.24, 2.45) is 0 Å². The number of aliphatic hydroxyl groups excluding tert-OH is 1. The van der Waals surface area contributed by atoms with Gasteiger partial charge in [-0.3, -0.25) is 0 Å². The molecule has 174 valence electrons. The summed E-state index contributed by atoms with van der Waals surface area (Å²) in [6.45, 7) is 0. The fourth-order valence-corrected chi connectivity index (χ4v) is 7.55. The van der Waals surface area contributed by atoms with Crippen molar-refractivity contribution in [3.8, 4) is 0 Å². The minimum Gasteiger partial charge on any atom is -0.507 e. The van der Waals surface area contributed by atoms with E-state index in [1.165, 1.54) is 42.5 Å². The minimum absolute atomic E-state index is 0.00960. The van der Waals surface area contributed by atoms with Gasteiger partial charge < -0.3 is 5.11 Å². The fraction of sp³-hybridized carbons (Fsp3) is 0.222. The van der Waals surface area contributed by atoms with Gasteiger partial charge in [-0.05, 0) is 11.6 Å². The lowest BCUT2D eigenvalue weighted by atomic mass is 10.0. The molecule has 0 unspecified atom stereocenters. The number of rotatable bonds is 4. The third-order valence-corrected chi connectivity index (χ3v) is 10.3. The highest BCUT2D eigenvalue weighted by Gasteiger charge is 2.63. The summed E-state index contributed by atoms with van der Waals surface area (Å²) in [5.41, 5.74) is -13.0. The van der Waals surface area contributed by atoms with E-state index in [4.69, 9.17) is 0 Å². The number of benzene rings is 1. The van der Waals surface area contributed by atoms with Crippen molar-refractivity contribution in [1.82, 2.24) is 0 Å². The van der Waals surface area contributed by atoms with E-state index < -0.39 is 53.0 Å². The second-order valence-electron chi connectivity index (χ2n) is 6.54. The van der Waals surface area contributed by atoms with Gasteiger partial charge in [0.1, 0.15) is 5.76 Å². The molecular formula is C18H12F6O5S3. The zero-order valence-electron chi connectivity index (χ0n) is 15.5. The SMILES string of the molecule is O=S(=O)(C(CC1=C(O)c2ccccc2SC1=C1C=CC=C1)S(=O)(=O)C(F)(F)F)C(F)(F)F. The Balaban J connectivity index is 2.29. The molecule has 0 saturated heterocycles. The highest BCUT2D eigenvalue weighted by atomic mass is 32.3. The zero-order valence-corrected chi connectivity index (χ0v) is 17.9. The molecule has 1 N–H and O–H groups in total. The number of hydrogen-bond donors (Lipinski definition) is 1. The normalized spacial score (nSPS) is 17.5. The standard InChI is InChI=1S/C18H12F6O5S3/c19-17(20,21)31(26,27)14(32(28,29)18(22,23)24)9-12-15(25)11-7-3-4-8-13(11)30-16(12)10-5-1-2-6-10/h1-8,14,25H,9H2. The lowest BCUT2D eigenvalue weighted by molar-refractivity contribution is -0.0471. The van der Waals surface area contributed by atoms with Gasteiger partial charge in [-0.1, -0.05) is 54.3 Å². The maximum Gasteiger partial charge on any atom is 0.498 e. The molecular weight excluding hydrogens is 506 g/mol. The van der Waals surface area contributed by atoms with Gasteiger partial charge in [-0.15, -0.1) is 0 Å². The van der Waals surface area contributed by atoms with Gasteiger partial charge in [0, 0.05) is 27.4 Å². The van der Waals surface area contributed by atoms with Crippen LogP contribution in [0.15, 0.2) is 69.5 Å². The highest BCUT2D eigenvalue weighted by molar-refractivity contribution is 8.09. The molecule has 1 aliphatic heterocycles. The van der Waals surface area contributed by atoms with Gasteiger partial charge in [0.25, 0.3) is 19.7 Å². The number of sulfone groups is 2. The molecule has 1 aromatic carbocycles. The minimum atomic E-state index is -6.85. The average Bonchev–Trinajstić information content (AvgIpc) is 3.19. The zero-order chi connectivity index (χ0) is 24.1. The summed E-state index contributed by atoms with van der Waals surface area (Å²) in [7, 11) is -13.7. The van der Waals surface area contributed by atoms with Gasteiger partial charge in [0.15, 0.2) is 4.58 Å². The quantitative estimate of drug-likeness (QED) is 0.563. The van der Waals surface area contributed by atoms with E-state index in [-0.39, 0.29) is 16.0 Å². The van der Waals surface area contributed by atoms with Crippen LogP contribution in [0.4, 0.5) is 26.3 Å². The van der Waals surface area contributed by atoms with Crippen molar-refractivity contribution in [2.75, 3.05) is 0 Å². The predicted octanol–water partition coefficient (Wildman–Crippen LogP) is 5.03. The van der Waals surface area contributed by atoms with Gasteiger partial charge in [-0.2, -0.15) is 26.3 Å². The monoisotopic (exact) mass is 518 g/mol. The van der Waals surface area contributed by atoms with E-state index in [1.807, 2.05) is 0 Å². The second-order valence-corrected chi connectivity index (χ2v) is 12.1. The van der Waals surface area contributed by atoms with Crippen molar-refractivity contribution in [3.05, 3.63) is 70.2 Å². The maximum atomic E-state index is 13.2. The summed E-state index contributed by atoms with van der Waals surface area (Å²) >= 11 is 0.851. The van der Waals surface area contributed by atoms with Crippen LogP contribution in [0.5, 0.6) is 0 Å². The number of halogens is 6. The lowest BCUT2D eigenvalue weighted by Gasteiger charge is -2.27. The number of aliphatic hydroxyl groups is 1. The molecule has 1 heterocycles. The molecule has 32 heavy (non-hydrogen) atoms. The molecule has 14 heteroatoms. The summed E-state index contributed by atoms with van der Waals surface area (Å²) < 4.78 is 123. The average molecular weight is 518 g/mol. The van der Waals surface area contributed by atoms with E-state index in [2.05, 4.69) is 0 Å². The Morgan fingerprint density at radius 3 is 1.88 bits per heavy atom. The number of allylic oxidation sites excluding steroid dienone is 6. The third kappa shape index (κ3) is 4.10. The van der Waals surface area contributed by atoms with E-state index in [9.17, 15) is 48.3 Å². The molecule has 0 radical (unpaired) electrons. The van der Waals surface area contributed by atoms with Crippen LogP contribution in [-0.4, -0.2) is 37.5 Å². The summed E-state index contributed by atoms with van der Waals surface area (Å²) in [4.78, 5) is 0.324. The molecule has 0 aromatic heterocycles. The first-order valence-corrected chi connectivity index (χ1v) is 12.4. The van der Waals surface area contributed by atoms with E-state index >= 15 is 0 Å². The Morgan fingerprint density at radius 2 is 1.38 bits per heavy atom. The van der Waals surface area contributed by atoms with Crippen molar-refractivity contribution in [3.63, 3.8) is 0 Å². The van der Waals surface area contributed by atoms with Crippen molar-refractivity contribution >= 4 is 37.2 Å². The van der Waals surface area contributed by atoms with E-state index in [0.29, 0.717) is 4.90 Å². The lowest BCUT2D eigenvalue weighted by Crippen LogP contribution is -2.45. The summed E-state index contributed by atoms with van der Waals surface area (Å²) in [6, 6.07) is 5.83. The van der Waals surface area contributed by atoms with Crippen LogP contribution in [0.1, 0.15) is 12.0 Å². The molecule has 1 aliphatic carbocycles.